The lowest BCUT2D eigenvalue weighted by molar-refractivity contribution is 0.297. The Bertz CT molecular complexity index is 559. The normalized spacial score (nSPS) is 14.6. The largest absolute Gasteiger partial charge is 0.489 e. The van der Waals surface area contributed by atoms with Crippen LogP contribution in [-0.2, 0) is 6.54 Å². The van der Waals surface area contributed by atoms with E-state index in [0.29, 0.717) is 36.3 Å². The number of hydrogen-bond acceptors (Lipinski definition) is 3. The average Bonchev–Trinajstić information content (AvgIpc) is 2.68. The Morgan fingerprint density at radius 2 is 1.96 bits per heavy atom. The van der Waals surface area contributed by atoms with Crippen LogP contribution < -0.4 is 20.1 Å². The summed E-state index contributed by atoms with van der Waals surface area (Å²) in [6.45, 7) is 8.14. The van der Waals surface area contributed by atoms with Crippen molar-refractivity contribution in [2.75, 3.05) is 20.3 Å². The third-order valence-electron chi connectivity index (χ3n) is 3.04. The fourth-order valence-electron chi connectivity index (χ4n) is 2.11. The van der Waals surface area contributed by atoms with Gasteiger partial charge in [-0.05, 0) is 38.5 Å². The third-order valence-corrected chi connectivity index (χ3v) is 3.32. The van der Waals surface area contributed by atoms with E-state index in [9.17, 15) is 0 Å². The van der Waals surface area contributed by atoms with Crippen LogP contribution in [0.25, 0.3) is 0 Å². The molecular weight excluding hydrogens is 429 g/mol. The molecule has 2 rings (SSSR count). The monoisotopic (exact) mass is 453 g/mol. The first-order valence-electron chi connectivity index (χ1n) is 7.46. The summed E-state index contributed by atoms with van der Waals surface area (Å²) in [6.07, 6.45) is 0.862. The van der Waals surface area contributed by atoms with Crippen LogP contribution in [0.2, 0.25) is 5.02 Å². The van der Waals surface area contributed by atoms with Crippen LogP contribution in [0.1, 0.15) is 32.8 Å². The van der Waals surface area contributed by atoms with Crippen molar-refractivity contribution in [1.29, 1.82) is 0 Å². The molecule has 1 aliphatic rings. The number of halogens is 2. The van der Waals surface area contributed by atoms with Crippen molar-refractivity contribution in [1.82, 2.24) is 10.6 Å². The second kappa shape index (κ2) is 8.82. The number of hydrogen-bond donors (Lipinski definition) is 2. The van der Waals surface area contributed by atoms with Gasteiger partial charge >= 0.3 is 0 Å². The lowest BCUT2D eigenvalue weighted by atomic mass is 10.1. The molecule has 0 spiro atoms. The van der Waals surface area contributed by atoms with Crippen molar-refractivity contribution in [3.63, 3.8) is 0 Å². The van der Waals surface area contributed by atoms with Crippen LogP contribution in [0.15, 0.2) is 17.1 Å². The molecular formula is C16H25ClIN3O2. The molecule has 5 nitrogen and oxygen atoms in total. The van der Waals surface area contributed by atoms with E-state index < -0.39 is 0 Å². The Labute approximate surface area is 160 Å². The number of benzene rings is 1. The molecule has 1 aliphatic heterocycles. The molecule has 7 heteroatoms. The van der Waals surface area contributed by atoms with Gasteiger partial charge in [-0.25, -0.2) is 0 Å². The first kappa shape index (κ1) is 20.2. The summed E-state index contributed by atoms with van der Waals surface area (Å²) in [5, 5.41) is 7.17. The van der Waals surface area contributed by atoms with Gasteiger partial charge in [-0.3, -0.25) is 4.99 Å². The van der Waals surface area contributed by atoms with Crippen molar-refractivity contribution >= 4 is 41.5 Å². The van der Waals surface area contributed by atoms with E-state index in [1.807, 2.05) is 12.1 Å². The summed E-state index contributed by atoms with van der Waals surface area (Å²) in [5.41, 5.74) is 0.968. The molecule has 2 N–H and O–H groups in total. The highest BCUT2D eigenvalue weighted by Gasteiger charge is 2.16. The van der Waals surface area contributed by atoms with Crippen LogP contribution in [0.4, 0.5) is 0 Å². The number of ether oxygens (including phenoxy) is 2. The van der Waals surface area contributed by atoms with E-state index in [1.165, 1.54) is 0 Å². The molecule has 0 fully saturated rings. The highest BCUT2D eigenvalue weighted by molar-refractivity contribution is 14.0. The zero-order valence-electron chi connectivity index (χ0n) is 14.0. The fourth-order valence-corrected chi connectivity index (χ4v) is 2.39. The van der Waals surface area contributed by atoms with Gasteiger partial charge in [-0.2, -0.15) is 0 Å². The standard InChI is InChI=1S/C16H24ClN3O2.HI/c1-16(2,3)20-15(18-4)19-10-11-8-12(17)14-13(9-11)21-6-5-7-22-14;/h8-9H,5-7,10H2,1-4H3,(H2,18,19,20);1H. The molecule has 1 aromatic carbocycles. The van der Waals surface area contributed by atoms with E-state index in [1.54, 1.807) is 7.05 Å². The van der Waals surface area contributed by atoms with Crippen molar-refractivity contribution in [3.05, 3.63) is 22.7 Å². The summed E-state index contributed by atoms with van der Waals surface area (Å²) in [7, 11) is 1.75. The van der Waals surface area contributed by atoms with Gasteiger partial charge in [-0.1, -0.05) is 11.6 Å². The Hall–Kier alpha value is -0.890. The summed E-state index contributed by atoms with van der Waals surface area (Å²) in [4.78, 5) is 4.22. The fraction of sp³-hybridized carbons (Fsp3) is 0.562. The molecule has 0 radical (unpaired) electrons. The maximum atomic E-state index is 6.30. The zero-order valence-corrected chi connectivity index (χ0v) is 17.1. The molecule has 23 heavy (non-hydrogen) atoms. The number of aliphatic imine (C=N–C) groups is 1. The summed E-state index contributed by atoms with van der Waals surface area (Å²) >= 11 is 6.30. The molecule has 0 amide bonds. The van der Waals surface area contributed by atoms with Crippen molar-refractivity contribution in [2.24, 2.45) is 4.99 Å². The molecule has 0 bridgehead atoms. The number of fused-ring (bicyclic) bond motifs is 1. The molecule has 0 saturated heterocycles. The predicted molar refractivity (Wildman–Crippen MR) is 106 cm³/mol. The molecule has 130 valence electrons. The van der Waals surface area contributed by atoms with Crippen LogP contribution in [-0.4, -0.2) is 31.8 Å². The van der Waals surface area contributed by atoms with Crippen LogP contribution >= 0.6 is 35.6 Å². The third kappa shape index (κ3) is 6.25. The average molecular weight is 454 g/mol. The maximum Gasteiger partial charge on any atom is 0.191 e. The van der Waals surface area contributed by atoms with Crippen LogP contribution in [0.5, 0.6) is 11.5 Å². The Morgan fingerprint density at radius 3 is 2.61 bits per heavy atom. The smallest absolute Gasteiger partial charge is 0.191 e. The predicted octanol–water partition coefficient (Wildman–Crippen LogP) is 3.58. The molecule has 0 aliphatic carbocycles. The van der Waals surface area contributed by atoms with Gasteiger partial charge in [0, 0.05) is 25.6 Å². The SMILES string of the molecule is CN=C(NCc1cc(Cl)c2c(c1)OCCCO2)NC(C)(C)C.I. The van der Waals surface area contributed by atoms with Gasteiger partial charge in [0.15, 0.2) is 17.5 Å². The quantitative estimate of drug-likeness (QED) is 0.408. The molecule has 0 saturated carbocycles. The van der Waals surface area contributed by atoms with Crippen LogP contribution in [0, 0.1) is 0 Å². The Kier molecular flexibility index (Phi) is 7.73. The second-order valence-electron chi connectivity index (χ2n) is 6.26. The van der Waals surface area contributed by atoms with Crippen LogP contribution in [0.3, 0.4) is 0 Å². The van der Waals surface area contributed by atoms with E-state index in [2.05, 4.69) is 36.4 Å². The lowest BCUT2D eigenvalue weighted by Crippen LogP contribution is -2.47. The van der Waals surface area contributed by atoms with E-state index >= 15 is 0 Å². The van der Waals surface area contributed by atoms with Crippen molar-refractivity contribution < 1.29 is 9.47 Å². The summed E-state index contributed by atoms with van der Waals surface area (Å²) in [6, 6.07) is 3.86. The molecule has 0 aromatic heterocycles. The maximum absolute atomic E-state index is 6.30. The molecule has 0 unspecified atom stereocenters. The highest BCUT2D eigenvalue weighted by atomic mass is 127. The van der Waals surface area contributed by atoms with Gasteiger partial charge < -0.3 is 20.1 Å². The minimum atomic E-state index is -0.0514. The Morgan fingerprint density at radius 1 is 1.26 bits per heavy atom. The topological polar surface area (TPSA) is 54.9 Å². The minimum Gasteiger partial charge on any atom is -0.489 e. The zero-order chi connectivity index (χ0) is 16.2. The molecule has 1 heterocycles. The summed E-state index contributed by atoms with van der Waals surface area (Å²) < 4.78 is 11.3. The van der Waals surface area contributed by atoms with E-state index in [4.69, 9.17) is 21.1 Å². The van der Waals surface area contributed by atoms with Gasteiger partial charge in [0.05, 0.1) is 18.2 Å². The number of rotatable bonds is 2. The molecule has 1 aromatic rings. The summed E-state index contributed by atoms with van der Waals surface area (Å²) in [5.74, 6) is 2.09. The van der Waals surface area contributed by atoms with Crippen molar-refractivity contribution in [3.8, 4) is 11.5 Å². The first-order valence-corrected chi connectivity index (χ1v) is 7.84. The van der Waals surface area contributed by atoms with Crippen molar-refractivity contribution in [2.45, 2.75) is 39.3 Å². The van der Waals surface area contributed by atoms with E-state index in [0.717, 1.165) is 17.9 Å². The van der Waals surface area contributed by atoms with E-state index in [-0.39, 0.29) is 29.5 Å². The number of nitrogens with zero attached hydrogens (tertiary/aromatic N) is 1. The number of nitrogens with one attached hydrogen (secondary N) is 2. The van der Waals surface area contributed by atoms with Gasteiger partial charge in [0.1, 0.15) is 0 Å². The van der Waals surface area contributed by atoms with Gasteiger partial charge in [-0.15, -0.1) is 24.0 Å². The first-order chi connectivity index (χ1) is 10.4. The lowest BCUT2D eigenvalue weighted by Gasteiger charge is -2.24. The minimum absolute atomic E-state index is 0. The number of guanidine groups is 1. The highest BCUT2D eigenvalue weighted by Crippen LogP contribution is 2.37. The molecule has 0 atom stereocenters. The van der Waals surface area contributed by atoms with Gasteiger partial charge in [0.2, 0.25) is 0 Å². The Balaban J connectivity index is 0.00000264. The second-order valence-corrected chi connectivity index (χ2v) is 6.66. The van der Waals surface area contributed by atoms with Gasteiger partial charge in [0.25, 0.3) is 0 Å².